The first-order valence-corrected chi connectivity index (χ1v) is 13.1. The Morgan fingerprint density at radius 3 is 2.29 bits per heavy atom. The summed E-state index contributed by atoms with van der Waals surface area (Å²) in [7, 11) is 0. The van der Waals surface area contributed by atoms with Crippen LogP contribution in [0.1, 0.15) is 57.9 Å². The van der Waals surface area contributed by atoms with E-state index in [1.807, 2.05) is 11.8 Å². The number of hydrogen-bond donors (Lipinski definition) is 0. The molecule has 0 unspecified atom stereocenters. The maximum Gasteiger partial charge on any atom is 0.409 e. The second kappa shape index (κ2) is 10.2. The Kier molecular flexibility index (Phi) is 6.92. The third kappa shape index (κ3) is 4.59. The lowest BCUT2D eigenvalue weighted by Gasteiger charge is -2.39. The molecule has 5 rings (SSSR count). The van der Waals surface area contributed by atoms with Gasteiger partial charge in [-0.25, -0.2) is 9.78 Å². The molecule has 34 heavy (non-hydrogen) atoms. The molecule has 184 valence electrons. The fraction of sp³-hybridized carbons (Fsp3) is 0.654. The van der Waals surface area contributed by atoms with Crippen LogP contribution in [-0.2, 0) is 9.53 Å². The third-order valence-electron chi connectivity index (χ3n) is 7.76. The molecular weight excluding hydrogens is 430 g/mol. The Hall–Kier alpha value is -2.77. The number of nitrogens with zero attached hydrogens (tertiary/aromatic N) is 5. The normalized spacial score (nSPS) is 20.7. The molecule has 3 heterocycles. The molecule has 2 saturated heterocycles. The number of amides is 2. The van der Waals surface area contributed by atoms with E-state index in [2.05, 4.69) is 33.7 Å². The number of benzene rings is 1. The van der Waals surface area contributed by atoms with E-state index < -0.39 is 0 Å². The van der Waals surface area contributed by atoms with Gasteiger partial charge in [-0.15, -0.1) is 0 Å². The fourth-order valence-electron chi connectivity index (χ4n) is 5.86. The van der Waals surface area contributed by atoms with Gasteiger partial charge < -0.3 is 24.0 Å². The molecule has 1 aromatic heterocycles. The van der Waals surface area contributed by atoms with Crippen LogP contribution in [0.3, 0.4) is 0 Å². The van der Waals surface area contributed by atoms with Crippen LogP contribution < -0.4 is 4.90 Å². The summed E-state index contributed by atoms with van der Waals surface area (Å²) in [6.07, 6.45) is 7.78. The number of hydrogen-bond acceptors (Lipinski definition) is 5. The van der Waals surface area contributed by atoms with E-state index in [9.17, 15) is 9.59 Å². The minimum absolute atomic E-state index is 0.0536. The average Bonchev–Trinajstić information content (AvgIpc) is 3.29. The summed E-state index contributed by atoms with van der Waals surface area (Å²) in [5.41, 5.74) is 2.31. The number of anilines is 1. The molecule has 3 fully saturated rings. The second-order valence-corrected chi connectivity index (χ2v) is 9.83. The molecule has 0 radical (unpaired) electrons. The Morgan fingerprint density at radius 2 is 1.59 bits per heavy atom. The van der Waals surface area contributed by atoms with Gasteiger partial charge in [0.05, 0.1) is 17.6 Å². The number of piperazine rings is 1. The molecular formula is C26H37N5O3. The smallest absolute Gasteiger partial charge is 0.409 e. The number of aromatic nitrogens is 2. The van der Waals surface area contributed by atoms with Crippen LogP contribution in [0.2, 0.25) is 0 Å². The molecule has 0 bridgehead atoms. The quantitative estimate of drug-likeness (QED) is 0.678. The Bertz CT molecular complexity index is 999. The summed E-state index contributed by atoms with van der Waals surface area (Å²) in [6.45, 7) is 6.19. The zero-order chi connectivity index (χ0) is 23.5. The molecule has 0 N–H and O–H groups in total. The van der Waals surface area contributed by atoms with E-state index in [1.54, 1.807) is 4.90 Å². The lowest BCUT2D eigenvalue weighted by molar-refractivity contribution is -0.137. The molecule has 8 heteroatoms. The van der Waals surface area contributed by atoms with Gasteiger partial charge in [0.15, 0.2) is 0 Å². The van der Waals surface area contributed by atoms with E-state index in [4.69, 9.17) is 9.72 Å². The van der Waals surface area contributed by atoms with Gasteiger partial charge in [-0.2, -0.15) is 0 Å². The van der Waals surface area contributed by atoms with Crippen LogP contribution in [0.5, 0.6) is 0 Å². The Balaban J connectivity index is 1.23. The first-order chi connectivity index (χ1) is 16.7. The van der Waals surface area contributed by atoms with Crippen molar-refractivity contribution in [1.82, 2.24) is 19.4 Å². The molecule has 2 aromatic rings. The summed E-state index contributed by atoms with van der Waals surface area (Å²) in [6, 6.07) is 9.01. The summed E-state index contributed by atoms with van der Waals surface area (Å²) >= 11 is 0. The standard InChI is InChI=1S/C26H37N5O3/c1-2-34-26(33)30-18-16-28(17-19-30)24(32)20-12-14-29(15-13-20)25-27-22-10-6-7-11-23(22)31(25)21-8-4-3-5-9-21/h6-7,10-11,20-21H,2-5,8-9,12-19H2,1H3. The van der Waals surface area contributed by atoms with Gasteiger partial charge in [0, 0.05) is 51.2 Å². The van der Waals surface area contributed by atoms with Gasteiger partial charge in [0.2, 0.25) is 11.9 Å². The van der Waals surface area contributed by atoms with Crippen molar-refractivity contribution in [3.63, 3.8) is 0 Å². The summed E-state index contributed by atoms with van der Waals surface area (Å²) in [5, 5.41) is 0. The Morgan fingerprint density at radius 1 is 0.912 bits per heavy atom. The summed E-state index contributed by atoms with van der Waals surface area (Å²) < 4.78 is 7.58. The minimum atomic E-state index is -0.274. The van der Waals surface area contributed by atoms with Crippen molar-refractivity contribution < 1.29 is 14.3 Å². The predicted octanol–water partition coefficient (Wildman–Crippen LogP) is 4.06. The van der Waals surface area contributed by atoms with Gasteiger partial charge in [0.25, 0.3) is 0 Å². The molecule has 2 amide bonds. The topological polar surface area (TPSA) is 70.9 Å². The summed E-state index contributed by atoms with van der Waals surface area (Å²) in [5.74, 6) is 1.38. The maximum absolute atomic E-state index is 13.2. The van der Waals surface area contributed by atoms with E-state index in [0.717, 1.165) is 37.4 Å². The average molecular weight is 468 g/mol. The number of imidazole rings is 1. The van der Waals surface area contributed by atoms with Crippen LogP contribution >= 0.6 is 0 Å². The zero-order valence-electron chi connectivity index (χ0n) is 20.3. The second-order valence-electron chi connectivity index (χ2n) is 9.83. The molecule has 2 aliphatic heterocycles. The van der Waals surface area contributed by atoms with E-state index in [1.165, 1.54) is 37.6 Å². The Labute approximate surface area is 201 Å². The number of rotatable bonds is 4. The van der Waals surface area contributed by atoms with Crippen LogP contribution in [0.4, 0.5) is 10.7 Å². The minimum Gasteiger partial charge on any atom is -0.450 e. The molecule has 1 aliphatic carbocycles. The van der Waals surface area contributed by atoms with Gasteiger partial charge >= 0.3 is 6.09 Å². The molecule has 3 aliphatic rings. The van der Waals surface area contributed by atoms with Crippen molar-refractivity contribution in [2.75, 3.05) is 50.8 Å². The number of ether oxygens (including phenoxy) is 1. The highest BCUT2D eigenvalue weighted by Gasteiger charge is 2.33. The highest BCUT2D eigenvalue weighted by Crippen LogP contribution is 2.36. The van der Waals surface area contributed by atoms with Crippen LogP contribution in [-0.4, -0.2) is 77.2 Å². The molecule has 0 spiro atoms. The molecule has 0 atom stereocenters. The van der Waals surface area contributed by atoms with Gasteiger partial charge in [-0.05, 0) is 44.7 Å². The maximum atomic E-state index is 13.2. The largest absolute Gasteiger partial charge is 0.450 e. The first-order valence-electron chi connectivity index (χ1n) is 13.1. The predicted molar refractivity (Wildman–Crippen MR) is 132 cm³/mol. The monoisotopic (exact) mass is 467 g/mol. The van der Waals surface area contributed by atoms with E-state index in [-0.39, 0.29) is 17.9 Å². The van der Waals surface area contributed by atoms with Gasteiger partial charge in [-0.3, -0.25) is 4.79 Å². The van der Waals surface area contributed by atoms with Crippen molar-refractivity contribution in [3.8, 4) is 0 Å². The lowest BCUT2D eigenvalue weighted by Crippen LogP contribution is -2.53. The number of carbonyl (C=O) groups excluding carboxylic acids is 2. The number of piperidine rings is 1. The first kappa shape index (κ1) is 23.0. The van der Waals surface area contributed by atoms with Crippen molar-refractivity contribution in [2.45, 2.75) is 57.9 Å². The van der Waals surface area contributed by atoms with Gasteiger partial charge in [-0.1, -0.05) is 31.4 Å². The zero-order valence-corrected chi connectivity index (χ0v) is 20.3. The van der Waals surface area contributed by atoms with E-state index in [0.29, 0.717) is 38.8 Å². The lowest BCUT2D eigenvalue weighted by atomic mass is 9.94. The fourth-order valence-corrected chi connectivity index (χ4v) is 5.86. The molecule has 8 nitrogen and oxygen atoms in total. The SMILES string of the molecule is CCOC(=O)N1CCN(C(=O)C2CCN(c3nc4ccccc4n3C3CCCCC3)CC2)CC1. The number of fused-ring (bicyclic) bond motifs is 1. The highest BCUT2D eigenvalue weighted by molar-refractivity contribution is 5.81. The van der Waals surface area contributed by atoms with Crippen molar-refractivity contribution >= 4 is 29.0 Å². The van der Waals surface area contributed by atoms with Crippen LogP contribution in [0.15, 0.2) is 24.3 Å². The van der Waals surface area contributed by atoms with Crippen LogP contribution in [0.25, 0.3) is 11.0 Å². The third-order valence-corrected chi connectivity index (χ3v) is 7.76. The molecule has 1 saturated carbocycles. The highest BCUT2D eigenvalue weighted by atomic mass is 16.6. The summed E-state index contributed by atoms with van der Waals surface area (Å²) in [4.78, 5) is 36.2. The van der Waals surface area contributed by atoms with Crippen molar-refractivity contribution in [2.24, 2.45) is 5.92 Å². The number of para-hydroxylation sites is 2. The van der Waals surface area contributed by atoms with Gasteiger partial charge in [0.1, 0.15) is 0 Å². The van der Waals surface area contributed by atoms with Crippen molar-refractivity contribution in [3.05, 3.63) is 24.3 Å². The van der Waals surface area contributed by atoms with Crippen LogP contribution in [0, 0.1) is 5.92 Å². The molecule has 1 aromatic carbocycles. The van der Waals surface area contributed by atoms with E-state index >= 15 is 0 Å². The van der Waals surface area contributed by atoms with Crippen molar-refractivity contribution in [1.29, 1.82) is 0 Å². The number of carbonyl (C=O) groups is 2.